The second kappa shape index (κ2) is 4.53. The summed E-state index contributed by atoms with van der Waals surface area (Å²) < 4.78 is 1.43. The van der Waals surface area contributed by atoms with E-state index in [0.717, 1.165) is 0 Å². The summed E-state index contributed by atoms with van der Waals surface area (Å²) in [6.07, 6.45) is 4.74. The monoisotopic (exact) mass is 221 g/mol. The molecule has 0 unspecified atom stereocenters. The molecule has 0 bridgehead atoms. The van der Waals surface area contributed by atoms with Gasteiger partial charge in [0.15, 0.2) is 0 Å². The molecular weight excluding hydrogens is 210 g/mol. The summed E-state index contributed by atoms with van der Waals surface area (Å²) in [4.78, 5) is 11.5. The zero-order valence-electron chi connectivity index (χ0n) is 8.42. The van der Waals surface area contributed by atoms with Crippen LogP contribution in [0.5, 0.6) is 0 Å². The number of nitrogens with two attached hydrogens (primary N) is 1. The molecule has 0 aliphatic heterocycles. The number of nitrogens with zero attached hydrogens (tertiary/aromatic N) is 4. The first-order valence-corrected chi connectivity index (χ1v) is 4.65. The average molecular weight is 221 g/mol. The van der Waals surface area contributed by atoms with Crippen molar-refractivity contribution in [3.05, 3.63) is 24.3 Å². The van der Waals surface area contributed by atoms with Crippen LogP contribution in [0.25, 0.3) is 0 Å². The first-order chi connectivity index (χ1) is 7.78. The van der Waals surface area contributed by atoms with Crippen LogP contribution in [0.2, 0.25) is 0 Å². The molecular formula is C8H11N7O. The van der Waals surface area contributed by atoms with Gasteiger partial charge < -0.3 is 11.1 Å². The Labute approximate surface area is 90.8 Å². The number of nitrogens with one attached hydrogen (secondary N) is 2. The van der Waals surface area contributed by atoms with Crippen molar-refractivity contribution in [3.8, 4) is 0 Å². The van der Waals surface area contributed by atoms with Gasteiger partial charge in [-0.25, -0.2) is 4.68 Å². The van der Waals surface area contributed by atoms with Crippen LogP contribution in [0, 0.1) is 0 Å². The molecule has 84 valence electrons. The first-order valence-electron chi connectivity index (χ1n) is 4.65. The zero-order chi connectivity index (χ0) is 11.4. The quantitative estimate of drug-likeness (QED) is 0.618. The van der Waals surface area contributed by atoms with Gasteiger partial charge in [-0.05, 0) is 0 Å². The van der Waals surface area contributed by atoms with E-state index in [-0.39, 0.29) is 12.5 Å². The Kier molecular flexibility index (Phi) is 2.92. The molecule has 4 N–H and O–H groups in total. The summed E-state index contributed by atoms with van der Waals surface area (Å²) in [5.74, 6) is -0.199. The SMILES string of the molecule is NCc1cn(CC(=O)Nc2cn[nH]c2)nn1. The van der Waals surface area contributed by atoms with Crippen molar-refractivity contribution in [2.75, 3.05) is 5.32 Å². The van der Waals surface area contributed by atoms with Crippen molar-refractivity contribution in [2.45, 2.75) is 13.1 Å². The number of aromatic amines is 1. The van der Waals surface area contributed by atoms with Gasteiger partial charge in [0.2, 0.25) is 5.91 Å². The zero-order valence-corrected chi connectivity index (χ0v) is 8.42. The van der Waals surface area contributed by atoms with Crippen LogP contribution in [0.4, 0.5) is 5.69 Å². The normalized spacial score (nSPS) is 10.3. The topological polar surface area (TPSA) is 115 Å². The minimum absolute atomic E-state index is 0.0954. The fourth-order valence-corrected chi connectivity index (χ4v) is 1.18. The number of carbonyl (C=O) groups excluding carboxylic acids is 1. The fraction of sp³-hybridized carbons (Fsp3) is 0.250. The third-order valence-corrected chi connectivity index (χ3v) is 1.88. The Morgan fingerprint density at radius 3 is 3.12 bits per heavy atom. The maximum atomic E-state index is 11.5. The lowest BCUT2D eigenvalue weighted by molar-refractivity contribution is -0.116. The summed E-state index contributed by atoms with van der Waals surface area (Å²) in [6, 6.07) is 0. The molecule has 2 aromatic rings. The number of carbonyl (C=O) groups is 1. The molecule has 8 nitrogen and oxygen atoms in total. The molecule has 0 fully saturated rings. The lowest BCUT2D eigenvalue weighted by Gasteiger charge is -2.00. The highest BCUT2D eigenvalue weighted by atomic mass is 16.2. The average Bonchev–Trinajstić information content (AvgIpc) is 2.89. The standard InChI is InChI=1S/C8H11N7O/c9-1-6-4-15(14-13-6)5-8(16)12-7-2-10-11-3-7/h2-4H,1,5,9H2,(H,10,11)(H,12,16). The molecule has 0 spiro atoms. The maximum Gasteiger partial charge on any atom is 0.246 e. The maximum absolute atomic E-state index is 11.5. The largest absolute Gasteiger partial charge is 0.325 e. The van der Waals surface area contributed by atoms with Gasteiger partial charge in [0.1, 0.15) is 6.54 Å². The molecule has 2 rings (SSSR count). The fourth-order valence-electron chi connectivity index (χ4n) is 1.18. The van der Waals surface area contributed by atoms with E-state index in [1.165, 1.54) is 10.9 Å². The van der Waals surface area contributed by atoms with Crippen LogP contribution in [-0.2, 0) is 17.9 Å². The second-order valence-corrected chi connectivity index (χ2v) is 3.15. The molecule has 0 aliphatic rings. The molecule has 1 amide bonds. The predicted molar refractivity (Wildman–Crippen MR) is 55.1 cm³/mol. The van der Waals surface area contributed by atoms with Crippen LogP contribution in [0.15, 0.2) is 18.6 Å². The van der Waals surface area contributed by atoms with E-state index in [2.05, 4.69) is 25.8 Å². The minimum atomic E-state index is -0.199. The summed E-state index contributed by atoms with van der Waals surface area (Å²) >= 11 is 0. The molecule has 0 aromatic carbocycles. The van der Waals surface area contributed by atoms with E-state index < -0.39 is 0 Å². The van der Waals surface area contributed by atoms with E-state index in [1.54, 1.807) is 12.4 Å². The number of hydrogen-bond acceptors (Lipinski definition) is 5. The van der Waals surface area contributed by atoms with Crippen LogP contribution in [0.1, 0.15) is 5.69 Å². The molecule has 0 saturated heterocycles. The molecule has 2 heterocycles. The second-order valence-electron chi connectivity index (χ2n) is 3.15. The summed E-state index contributed by atoms with van der Waals surface area (Å²) in [5.41, 5.74) is 6.64. The van der Waals surface area contributed by atoms with Gasteiger partial charge in [-0.1, -0.05) is 5.21 Å². The van der Waals surface area contributed by atoms with Gasteiger partial charge >= 0.3 is 0 Å². The van der Waals surface area contributed by atoms with Crippen LogP contribution in [0.3, 0.4) is 0 Å². The molecule has 0 radical (unpaired) electrons. The summed E-state index contributed by atoms with van der Waals surface area (Å²) in [5, 5.41) is 16.5. The number of aromatic nitrogens is 5. The van der Waals surface area contributed by atoms with Crippen molar-refractivity contribution in [1.29, 1.82) is 0 Å². The number of hydrogen-bond donors (Lipinski definition) is 3. The first kappa shape index (κ1) is 10.3. The molecule has 8 heteroatoms. The van der Waals surface area contributed by atoms with E-state index in [1.807, 2.05) is 0 Å². The van der Waals surface area contributed by atoms with Crippen LogP contribution < -0.4 is 11.1 Å². The van der Waals surface area contributed by atoms with Crippen molar-refractivity contribution < 1.29 is 4.79 Å². The van der Waals surface area contributed by atoms with Crippen molar-refractivity contribution in [1.82, 2.24) is 25.2 Å². The van der Waals surface area contributed by atoms with Gasteiger partial charge in [0.05, 0.1) is 23.8 Å². The van der Waals surface area contributed by atoms with Gasteiger partial charge in [0.25, 0.3) is 0 Å². The van der Waals surface area contributed by atoms with Crippen LogP contribution >= 0.6 is 0 Å². The Morgan fingerprint density at radius 2 is 2.50 bits per heavy atom. The lowest BCUT2D eigenvalue weighted by atomic mass is 10.5. The molecule has 0 aliphatic carbocycles. The van der Waals surface area contributed by atoms with Gasteiger partial charge in [-0.3, -0.25) is 9.89 Å². The number of amides is 1. The Bertz CT molecular complexity index is 460. The Hall–Kier alpha value is -2.22. The highest BCUT2D eigenvalue weighted by Gasteiger charge is 2.06. The number of H-pyrrole nitrogens is 1. The highest BCUT2D eigenvalue weighted by Crippen LogP contribution is 2.01. The highest BCUT2D eigenvalue weighted by molar-refractivity contribution is 5.90. The Balaban J connectivity index is 1.92. The molecule has 16 heavy (non-hydrogen) atoms. The Morgan fingerprint density at radius 1 is 1.62 bits per heavy atom. The number of rotatable bonds is 4. The van der Waals surface area contributed by atoms with E-state index >= 15 is 0 Å². The lowest BCUT2D eigenvalue weighted by Crippen LogP contribution is -2.18. The molecule has 2 aromatic heterocycles. The third-order valence-electron chi connectivity index (χ3n) is 1.88. The van der Waals surface area contributed by atoms with Gasteiger partial charge in [-0.2, -0.15) is 5.10 Å². The molecule has 0 saturated carbocycles. The smallest absolute Gasteiger partial charge is 0.246 e. The van der Waals surface area contributed by atoms with Gasteiger partial charge in [-0.15, -0.1) is 5.10 Å². The molecule has 0 atom stereocenters. The van der Waals surface area contributed by atoms with Crippen molar-refractivity contribution >= 4 is 11.6 Å². The van der Waals surface area contributed by atoms with E-state index in [4.69, 9.17) is 5.73 Å². The minimum Gasteiger partial charge on any atom is -0.325 e. The van der Waals surface area contributed by atoms with E-state index in [9.17, 15) is 4.79 Å². The van der Waals surface area contributed by atoms with Crippen LogP contribution in [-0.4, -0.2) is 31.1 Å². The summed E-state index contributed by atoms with van der Waals surface area (Å²) in [6.45, 7) is 0.404. The van der Waals surface area contributed by atoms with Crippen molar-refractivity contribution in [3.63, 3.8) is 0 Å². The van der Waals surface area contributed by atoms with Gasteiger partial charge in [0, 0.05) is 12.7 Å². The third kappa shape index (κ3) is 2.42. The summed E-state index contributed by atoms with van der Waals surface area (Å²) in [7, 11) is 0. The van der Waals surface area contributed by atoms with Crippen molar-refractivity contribution in [2.24, 2.45) is 5.73 Å². The number of anilines is 1. The predicted octanol–water partition coefficient (Wildman–Crippen LogP) is -0.901. The van der Waals surface area contributed by atoms with E-state index in [0.29, 0.717) is 17.9 Å².